The molecule has 7 nitrogen and oxygen atoms in total. The predicted octanol–water partition coefficient (Wildman–Crippen LogP) is 0.640. The summed E-state index contributed by atoms with van der Waals surface area (Å²) in [6.45, 7) is 4.67. The minimum atomic E-state index is -3.78. The third kappa shape index (κ3) is 4.80. The molecular formula is C12H18N2O5S2. The first-order valence-corrected chi connectivity index (χ1v) is 8.60. The van der Waals surface area contributed by atoms with Crippen LogP contribution < -0.4 is 10.0 Å². The highest BCUT2D eigenvalue weighted by atomic mass is 32.2. The second-order valence-electron chi connectivity index (χ2n) is 4.84. The van der Waals surface area contributed by atoms with E-state index in [1.54, 1.807) is 25.3 Å². The topological polar surface area (TPSA) is 113 Å². The van der Waals surface area contributed by atoms with E-state index >= 15 is 0 Å². The van der Waals surface area contributed by atoms with Crippen LogP contribution in [-0.2, 0) is 19.6 Å². The van der Waals surface area contributed by atoms with Crippen LogP contribution in [0.15, 0.2) is 21.7 Å². The Morgan fingerprint density at radius 2 is 1.90 bits per heavy atom. The van der Waals surface area contributed by atoms with E-state index in [1.165, 1.54) is 13.0 Å². The highest BCUT2D eigenvalue weighted by molar-refractivity contribution is 7.91. The maximum absolute atomic E-state index is 12.0. The molecule has 118 valence electrons. The van der Waals surface area contributed by atoms with Gasteiger partial charge < -0.3 is 10.4 Å². The zero-order valence-corrected chi connectivity index (χ0v) is 13.5. The van der Waals surface area contributed by atoms with Gasteiger partial charge in [-0.25, -0.2) is 13.2 Å². The third-order valence-corrected chi connectivity index (χ3v) is 5.65. The van der Waals surface area contributed by atoms with Crippen molar-refractivity contribution in [1.29, 1.82) is 0 Å². The summed E-state index contributed by atoms with van der Waals surface area (Å²) in [6, 6.07) is 0.874. The number of carboxylic acids is 1. The van der Waals surface area contributed by atoms with Gasteiger partial charge in [0.15, 0.2) is 0 Å². The van der Waals surface area contributed by atoms with Crippen molar-refractivity contribution in [1.82, 2.24) is 10.0 Å². The van der Waals surface area contributed by atoms with E-state index in [0.29, 0.717) is 0 Å². The first kappa shape index (κ1) is 17.6. The van der Waals surface area contributed by atoms with Crippen LogP contribution in [0, 0.1) is 5.92 Å². The van der Waals surface area contributed by atoms with Crippen LogP contribution in [0.1, 0.15) is 20.8 Å². The molecule has 0 bridgehead atoms. The van der Waals surface area contributed by atoms with Gasteiger partial charge in [0.05, 0.1) is 6.04 Å². The van der Waals surface area contributed by atoms with Crippen molar-refractivity contribution in [2.45, 2.75) is 37.1 Å². The van der Waals surface area contributed by atoms with E-state index in [9.17, 15) is 18.0 Å². The molecule has 0 aliphatic rings. The Balaban J connectivity index is 2.73. The molecule has 0 aliphatic carbocycles. The van der Waals surface area contributed by atoms with Gasteiger partial charge in [0.2, 0.25) is 5.91 Å². The van der Waals surface area contributed by atoms with E-state index in [0.717, 1.165) is 11.3 Å². The van der Waals surface area contributed by atoms with Crippen molar-refractivity contribution in [2.24, 2.45) is 5.92 Å². The lowest BCUT2D eigenvalue weighted by atomic mass is 10.0. The van der Waals surface area contributed by atoms with Crippen LogP contribution in [0.4, 0.5) is 0 Å². The van der Waals surface area contributed by atoms with Crippen molar-refractivity contribution >= 4 is 33.2 Å². The average molecular weight is 334 g/mol. The van der Waals surface area contributed by atoms with Crippen LogP contribution in [0.5, 0.6) is 0 Å². The molecule has 1 amide bonds. The summed E-state index contributed by atoms with van der Waals surface area (Å²) in [4.78, 5) is 22.9. The number of rotatable bonds is 7. The normalized spacial score (nSPS) is 14.7. The maximum Gasteiger partial charge on any atom is 0.326 e. The summed E-state index contributed by atoms with van der Waals surface area (Å²) in [5.41, 5.74) is 0. The number of amides is 1. The largest absolute Gasteiger partial charge is 0.480 e. The Kier molecular flexibility index (Phi) is 5.87. The van der Waals surface area contributed by atoms with Crippen LogP contribution in [0.3, 0.4) is 0 Å². The minimum absolute atomic E-state index is 0.0980. The Morgan fingerprint density at radius 1 is 1.29 bits per heavy atom. The quantitative estimate of drug-likeness (QED) is 0.677. The molecule has 1 heterocycles. The van der Waals surface area contributed by atoms with Gasteiger partial charge >= 0.3 is 5.97 Å². The summed E-state index contributed by atoms with van der Waals surface area (Å²) >= 11 is 1.03. The van der Waals surface area contributed by atoms with Crippen molar-refractivity contribution in [3.63, 3.8) is 0 Å². The lowest BCUT2D eigenvalue weighted by Crippen LogP contribution is -2.51. The zero-order valence-electron chi connectivity index (χ0n) is 11.9. The van der Waals surface area contributed by atoms with Crippen LogP contribution in [-0.4, -0.2) is 37.5 Å². The number of hydrogen-bond acceptors (Lipinski definition) is 5. The highest BCUT2D eigenvalue weighted by Crippen LogP contribution is 2.15. The highest BCUT2D eigenvalue weighted by Gasteiger charge is 2.28. The fourth-order valence-corrected chi connectivity index (χ4v) is 3.77. The fourth-order valence-electron chi connectivity index (χ4n) is 1.55. The molecule has 1 aromatic heterocycles. The molecule has 1 rings (SSSR count). The minimum Gasteiger partial charge on any atom is -0.480 e. The van der Waals surface area contributed by atoms with Gasteiger partial charge in [0, 0.05) is 0 Å². The molecule has 0 saturated carbocycles. The van der Waals surface area contributed by atoms with Crippen molar-refractivity contribution in [3.05, 3.63) is 17.5 Å². The molecule has 1 unspecified atom stereocenters. The van der Waals surface area contributed by atoms with Gasteiger partial charge in [-0.3, -0.25) is 4.79 Å². The van der Waals surface area contributed by atoms with E-state index in [1.807, 2.05) is 0 Å². The van der Waals surface area contributed by atoms with Crippen LogP contribution >= 0.6 is 11.3 Å². The zero-order chi connectivity index (χ0) is 16.2. The van der Waals surface area contributed by atoms with E-state index in [-0.39, 0.29) is 10.1 Å². The number of sulfonamides is 1. The lowest BCUT2D eigenvalue weighted by Gasteiger charge is -2.20. The molecule has 0 aromatic carbocycles. The predicted molar refractivity (Wildman–Crippen MR) is 78.5 cm³/mol. The summed E-state index contributed by atoms with van der Waals surface area (Å²) in [6.07, 6.45) is 0. The molecule has 1 aromatic rings. The van der Waals surface area contributed by atoms with Crippen LogP contribution in [0.25, 0.3) is 0 Å². The number of aliphatic carboxylic acids is 1. The SMILES string of the molecule is CC(NS(=O)(=O)c1cccs1)C(=O)N[C@H](C(=O)O)C(C)C. The van der Waals surface area contributed by atoms with Gasteiger partial charge in [0.1, 0.15) is 10.3 Å². The lowest BCUT2D eigenvalue weighted by molar-refractivity contribution is -0.143. The van der Waals surface area contributed by atoms with Gasteiger partial charge in [-0.05, 0) is 24.3 Å². The Labute approximate surface area is 127 Å². The van der Waals surface area contributed by atoms with Crippen LogP contribution in [0.2, 0.25) is 0 Å². The smallest absolute Gasteiger partial charge is 0.326 e. The Morgan fingerprint density at radius 3 is 2.33 bits per heavy atom. The summed E-state index contributed by atoms with van der Waals surface area (Å²) in [5, 5.41) is 12.9. The van der Waals surface area contributed by atoms with E-state index < -0.39 is 34.0 Å². The van der Waals surface area contributed by atoms with Crippen molar-refractivity contribution in [2.75, 3.05) is 0 Å². The van der Waals surface area contributed by atoms with E-state index in [4.69, 9.17) is 5.11 Å². The fraction of sp³-hybridized carbons (Fsp3) is 0.500. The number of hydrogen-bond donors (Lipinski definition) is 3. The third-order valence-electron chi connectivity index (χ3n) is 2.72. The first-order valence-electron chi connectivity index (χ1n) is 6.24. The molecule has 0 spiro atoms. The molecule has 2 atom stereocenters. The number of carbonyl (C=O) groups is 2. The number of carbonyl (C=O) groups excluding carboxylic acids is 1. The molecule has 0 radical (unpaired) electrons. The number of thiophene rings is 1. The maximum atomic E-state index is 12.0. The first-order chi connectivity index (χ1) is 9.65. The van der Waals surface area contributed by atoms with Gasteiger partial charge in [0.25, 0.3) is 10.0 Å². The monoisotopic (exact) mass is 334 g/mol. The summed E-state index contributed by atoms with van der Waals surface area (Å²) in [5.74, 6) is -2.16. The number of nitrogens with one attached hydrogen (secondary N) is 2. The number of carboxylic acid groups (broad SMARTS) is 1. The second-order valence-corrected chi connectivity index (χ2v) is 7.73. The molecule has 0 aliphatic heterocycles. The molecule has 0 saturated heterocycles. The van der Waals surface area contributed by atoms with Crippen molar-refractivity contribution in [3.8, 4) is 0 Å². The van der Waals surface area contributed by atoms with Gasteiger partial charge in [-0.15, -0.1) is 11.3 Å². The van der Waals surface area contributed by atoms with E-state index in [2.05, 4.69) is 10.0 Å². The summed E-state index contributed by atoms with van der Waals surface area (Å²) in [7, 11) is -3.78. The molecular weight excluding hydrogens is 316 g/mol. The Hall–Kier alpha value is -1.45. The molecule has 21 heavy (non-hydrogen) atoms. The van der Waals surface area contributed by atoms with Gasteiger partial charge in [-0.2, -0.15) is 4.72 Å². The standard InChI is InChI=1S/C12H18N2O5S2/c1-7(2)10(12(16)17)13-11(15)8(3)14-21(18,19)9-5-4-6-20-9/h4-8,10,14H,1-3H3,(H,13,15)(H,16,17)/t8?,10-/m0/s1. The van der Waals surface area contributed by atoms with Gasteiger partial charge in [-0.1, -0.05) is 19.9 Å². The molecule has 9 heteroatoms. The average Bonchev–Trinajstić information content (AvgIpc) is 2.88. The molecule has 3 N–H and O–H groups in total. The summed E-state index contributed by atoms with van der Waals surface area (Å²) < 4.78 is 26.2. The molecule has 0 fully saturated rings. The Bertz CT molecular complexity index is 595. The van der Waals surface area contributed by atoms with Crippen molar-refractivity contribution < 1.29 is 23.1 Å². The second kappa shape index (κ2) is 7.01.